The predicted octanol–water partition coefficient (Wildman–Crippen LogP) is 29.9. The molecule has 1 aliphatic rings. The Morgan fingerprint density at radius 2 is 0.563 bits per heavy atom. The average molecular weight is 1240 g/mol. The molecule has 3 heteroatoms. The number of hydrogen-bond acceptors (Lipinski definition) is 0. The number of aryl methyl sites for hydroxylation is 2. The molecular weight excluding hydrogens is 1100 g/mol. The molecule has 2 aromatic carbocycles. The van der Waals surface area contributed by atoms with Gasteiger partial charge >= 0.3 is 0 Å². The Morgan fingerprint density at radius 1 is 0.299 bits per heavy atom. The van der Waals surface area contributed by atoms with Gasteiger partial charge in [-0.3, -0.25) is 0 Å². The second kappa shape index (κ2) is 59.8. The maximum atomic E-state index is 12.4. The van der Waals surface area contributed by atoms with Gasteiger partial charge in [-0.05, 0) is 110 Å². The second-order valence-corrected chi connectivity index (χ2v) is 27.6. The third kappa shape index (κ3) is 43.0. The van der Waals surface area contributed by atoms with Crippen LogP contribution in [0.4, 0.5) is 0 Å². The van der Waals surface area contributed by atoms with Gasteiger partial charge in [0, 0.05) is 39.3 Å². The first kappa shape index (κ1) is 80.6. The van der Waals surface area contributed by atoms with Gasteiger partial charge in [0.1, 0.15) is 0 Å². The SMILES string of the molecule is CCCCCCCCCCCCCCCCCCCCCCCC=Cc1cc(C=CCCCCCCCCCCCCCCCCCCCCCCC)cc(C2=CC(CC)=C(c3cc(CCCCCCCC)cc(CCCCCCCC)c3)[N+]2=[N-])c1.[Ni]. The molecule has 3 rings (SSSR count). The van der Waals surface area contributed by atoms with Gasteiger partial charge in [0.2, 0.25) is 11.4 Å². The van der Waals surface area contributed by atoms with Crippen LogP contribution in [0.5, 0.6) is 0 Å². The third-order valence-corrected chi connectivity index (χ3v) is 19.2. The molecule has 1 heterocycles. The van der Waals surface area contributed by atoms with E-state index < -0.39 is 0 Å². The summed E-state index contributed by atoms with van der Waals surface area (Å²) in [4.78, 5) is 0. The second-order valence-electron chi connectivity index (χ2n) is 27.6. The molecule has 0 spiro atoms. The van der Waals surface area contributed by atoms with E-state index in [9.17, 15) is 5.53 Å². The largest absolute Gasteiger partial charge is 0.493 e. The average Bonchev–Trinajstić information content (AvgIpc) is 1.90. The van der Waals surface area contributed by atoms with Crippen molar-refractivity contribution in [2.24, 2.45) is 0 Å². The summed E-state index contributed by atoms with van der Waals surface area (Å²) < 4.78 is 1.56. The molecule has 87 heavy (non-hydrogen) atoms. The zero-order valence-corrected chi connectivity index (χ0v) is 59.8. The molecular formula is C84H144N2Ni. The van der Waals surface area contributed by atoms with E-state index in [2.05, 4.69) is 101 Å². The maximum Gasteiger partial charge on any atom is 0.210 e. The van der Waals surface area contributed by atoms with Gasteiger partial charge in [0.15, 0.2) is 0 Å². The summed E-state index contributed by atoms with van der Waals surface area (Å²) in [5.74, 6) is 0. The number of allylic oxidation sites excluding steroid dienone is 4. The van der Waals surface area contributed by atoms with Crippen molar-refractivity contribution in [2.75, 3.05) is 0 Å². The molecule has 0 unspecified atom stereocenters. The number of hydrogen-bond donors (Lipinski definition) is 0. The molecule has 0 aromatic heterocycles. The molecule has 0 atom stereocenters. The van der Waals surface area contributed by atoms with Crippen LogP contribution in [-0.4, -0.2) is 4.70 Å². The molecule has 0 saturated heterocycles. The van der Waals surface area contributed by atoms with Gasteiger partial charge in [-0.2, -0.15) is 0 Å². The molecule has 1 aliphatic heterocycles. The van der Waals surface area contributed by atoms with E-state index in [0.29, 0.717) is 0 Å². The minimum atomic E-state index is 0. The number of rotatable bonds is 63. The van der Waals surface area contributed by atoms with Gasteiger partial charge < -0.3 is 5.53 Å². The molecule has 2 nitrogen and oxygen atoms in total. The number of nitrogens with zero attached hydrogens (tertiary/aromatic N) is 2. The molecule has 500 valence electrons. The predicted molar refractivity (Wildman–Crippen MR) is 388 cm³/mol. The minimum absolute atomic E-state index is 0. The van der Waals surface area contributed by atoms with Crippen molar-refractivity contribution in [2.45, 2.75) is 413 Å². The summed E-state index contributed by atoms with van der Waals surface area (Å²) in [5.41, 5.74) is 23.2. The fourth-order valence-corrected chi connectivity index (χ4v) is 13.6. The van der Waals surface area contributed by atoms with Crippen LogP contribution in [-0.2, 0) is 29.3 Å². The fourth-order valence-electron chi connectivity index (χ4n) is 13.6. The Balaban J connectivity index is 0.0000258. The summed E-state index contributed by atoms with van der Waals surface area (Å²) in [6.07, 6.45) is 92.9. The van der Waals surface area contributed by atoms with E-state index in [1.165, 1.54) is 380 Å². The topological polar surface area (TPSA) is 25.3 Å². The molecule has 2 aromatic rings. The molecule has 0 radical (unpaired) electrons. The Labute approximate surface area is 553 Å². The van der Waals surface area contributed by atoms with Crippen LogP contribution in [0.2, 0.25) is 0 Å². The fraction of sp³-hybridized carbons (Fsp3) is 0.762. The Bertz CT molecular complexity index is 1910. The van der Waals surface area contributed by atoms with Crippen molar-refractivity contribution in [1.29, 1.82) is 0 Å². The normalized spacial score (nSPS) is 12.7. The Hall–Kier alpha value is -2.51. The van der Waals surface area contributed by atoms with E-state index in [1.807, 2.05) is 0 Å². The molecule has 0 N–H and O–H groups in total. The molecule has 0 saturated carbocycles. The van der Waals surface area contributed by atoms with E-state index in [-0.39, 0.29) is 16.5 Å². The quantitative estimate of drug-likeness (QED) is 0.0358. The van der Waals surface area contributed by atoms with Gasteiger partial charge in [-0.1, -0.05) is 386 Å². The van der Waals surface area contributed by atoms with Gasteiger partial charge in [-0.25, -0.2) is 4.70 Å². The smallest absolute Gasteiger partial charge is 0.210 e. The van der Waals surface area contributed by atoms with E-state index in [0.717, 1.165) is 49.1 Å². The number of unbranched alkanes of at least 4 members (excludes halogenated alkanes) is 52. The molecule has 0 amide bonds. The minimum Gasteiger partial charge on any atom is -0.493 e. The first-order valence-electron chi connectivity index (χ1n) is 39.1. The van der Waals surface area contributed by atoms with Crippen LogP contribution in [0.3, 0.4) is 0 Å². The van der Waals surface area contributed by atoms with E-state index in [4.69, 9.17) is 0 Å². The van der Waals surface area contributed by atoms with Crippen molar-refractivity contribution < 1.29 is 21.2 Å². The summed E-state index contributed by atoms with van der Waals surface area (Å²) in [5, 5.41) is 0. The number of benzene rings is 2. The Kier molecular flexibility index (Phi) is 55.4. The molecule has 0 bridgehead atoms. The van der Waals surface area contributed by atoms with Crippen LogP contribution in [0.1, 0.15) is 434 Å². The third-order valence-electron chi connectivity index (χ3n) is 19.2. The van der Waals surface area contributed by atoms with Crippen molar-refractivity contribution in [3.63, 3.8) is 0 Å². The summed E-state index contributed by atoms with van der Waals surface area (Å²) in [6.45, 7) is 11.5. The van der Waals surface area contributed by atoms with Crippen LogP contribution >= 0.6 is 0 Å². The van der Waals surface area contributed by atoms with Crippen molar-refractivity contribution in [3.05, 3.63) is 99.1 Å². The van der Waals surface area contributed by atoms with Crippen LogP contribution < -0.4 is 0 Å². The van der Waals surface area contributed by atoms with Crippen LogP contribution in [0.15, 0.2) is 60.2 Å². The monoisotopic (exact) mass is 1240 g/mol. The first-order chi connectivity index (χ1) is 42.5. The zero-order chi connectivity index (χ0) is 61.3. The van der Waals surface area contributed by atoms with Crippen molar-refractivity contribution in [3.8, 4) is 0 Å². The van der Waals surface area contributed by atoms with Crippen LogP contribution in [0.25, 0.3) is 29.1 Å². The molecule has 0 aliphatic carbocycles. The first-order valence-corrected chi connectivity index (χ1v) is 39.1. The summed E-state index contributed by atoms with van der Waals surface area (Å²) in [6, 6.07) is 14.4. The standard InChI is InChI=1S/C84H144N2.Ni/c1-6-11-15-19-23-25-27-29-31-33-35-37-39-41-43-45-47-49-51-53-55-59-63-65-76-69-77(66-64-60-56-54-52-50-48-46-44-42-40-38-36-34-32-30-28-26-24-20-16-12-7-2)72-81(71-76)83-75-80(10-5)84(86(83)85)82-73-78(67-61-57-21-17-13-8-3)70-79(74-82)68-62-58-22-18-14-9-4;/h63-66,69-75H,6-62,67-68H2,1-5H3;. The van der Waals surface area contributed by atoms with Gasteiger partial charge in [0.25, 0.3) is 0 Å². The van der Waals surface area contributed by atoms with Gasteiger partial charge in [-0.15, -0.1) is 0 Å². The van der Waals surface area contributed by atoms with Crippen molar-refractivity contribution in [1.82, 2.24) is 0 Å². The zero-order valence-electron chi connectivity index (χ0n) is 58.8. The van der Waals surface area contributed by atoms with Gasteiger partial charge in [0.05, 0.1) is 0 Å². The summed E-state index contributed by atoms with van der Waals surface area (Å²) in [7, 11) is 0. The van der Waals surface area contributed by atoms with Crippen LogP contribution in [0, 0.1) is 0 Å². The maximum absolute atomic E-state index is 12.4. The van der Waals surface area contributed by atoms with Crippen molar-refractivity contribution >= 4 is 23.5 Å². The van der Waals surface area contributed by atoms with E-state index in [1.54, 1.807) is 4.70 Å². The summed E-state index contributed by atoms with van der Waals surface area (Å²) >= 11 is 0. The van der Waals surface area contributed by atoms with E-state index >= 15 is 0 Å². The Morgan fingerprint density at radius 3 is 0.839 bits per heavy atom. The molecule has 0 fully saturated rings.